The van der Waals surface area contributed by atoms with Crippen LogP contribution in [0.15, 0.2) is 0 Å². The van der Waals surface area contributed by atoms with Gasteiger partial charge in [0.25, 0.3) is 0 Å². The van der Waals surface area contributed by atoms with E-state index in [1.54, 1.807) is 4.90 Å². The summed E-state index contributed by atoms with van der Waals surface area (Å²) in [5.74, 6) is 0.0841. The maximum atomic E-state index is 12.6. The monoisotopic (exact) mass is 304 g/mol. The molecule has 0 aromatic rings. The minimum atomic E-state index is -0.417. The average molecular weight is 305 g/mol. The van der Waals surface area contributed by atoms with Gasteiger partial charge in [0.05, 0.1) is 5.92 Å². The molecule has 116 valence electrons. The van der Waals surface area contributed by atoms with E-state index in [0.717, 1.165) is 25.9 Å². The molecule has 7 heteroatoms. The van der Waals surface area contributed by atoms with Crippen molar-refractivity contribution in [1.82, 2.24) is 15.1 Å². The van der Waals surface area contributed by atoms with Crippen LogP contribution in [0.5, 0.6) is 0 Å². The summed E-state index contributed by atoms with van der Waals surface area (Å²) in [7, 11) is 0. The number of nitrogens with zero attached hydrogens (tertiary/aromatic N) is 2. The van der Waals surface area contributed by atoms with Crippen molar-refractivity contribution < 1.29 is 9.59 Å². The van der Waals surface area contributed by atoms with Crippen molar-refractivity contribution in [2.24, 2.45) is 11.7 Å². The van der Waals surface area contributed by atoms with Crippen LogP contribution in [-0.4, -0.2) is 60.0 Å². The molecule has 0 aromatic carbocycles. The van der Waals surface area contributed by atoms with Gasteiger partial charge in [-0.25, -0.2) is 4.79 Å². The Balaban J connectivity index is 0.00000200. The van der Waals surface area contributed by atoms with Gasteiger partial charge >= 0.3 is 6.03 Å². The molecule has 0 spiro atoms. The lowest BCUT2D eigenvalue weighted by Gasteiger charge is -2.42. The average Bonchev–Trinajstić information content (AvgIpc) is 2.41. The van der Waals surface area contributed by atoms with Gasteiger partial charge in [0, 0.05) is 38.3 Å². The first kappa shape index (κ1) is 17.0. The first-order chi connectivity index (χ1) is 9.00. The maximum absolute atomic E-state index is 12.6. The molecule has 2 aliphatic rings. The number of amides is 3. The second-order valence-electron chi connectivity index (χ2n) is 5.64. The zero-order valence-corrected chi connectivity index (χ0v) is 13.0. The van der Waals surface area contributed by atoms with Crippen molar-refractivity contribution in [3.05, 3.63) is 0 Å². The molecule has 0 bridgehead atoms. The Morgan fingerprint density at radius 1 is 1.25 bits per heavy atom. The smallest absolute Gasteiger partial charge is 0.314 e. The van der Waals surface area contributed by atoms with Crippen LogP contribution in [-0.2, 0) is 4.79 Å². The van der Waals surface area contributed by atoms with Crippen LogP contribution >= 0.6 is 12.4 Å². The SMILES string of the molecule is CC1NCCN(C(=O)C2CCCN(C(N)=O)C2)C1C.Cl. The second-order valence-corrected chi connectivity index (χ2v) is 5.64. The summed E-state index contributed by atoms with van der Waals surface area (Å²) in [6.45, 7) is 6.90. The summed E-state index contributed by atoms with van der Waals surface area (Å²) < 4.78 is 0. The molecule has 2 fully saturated rings. The predicted molar refractivity (Wildman–Crippen MR) is 79.8 cm³/mol. The predicted octanol–water partition coefficient (Wildman–Crippen LogP) is 0.408. The molecule has 3 N–H and O–H groups in total. The van der Waals surface area contributed by atoms with Gasteiger partial charge in [-0.3, -0.25) is 4.79 Å². The zero-order valence-electron chi connectivity index (χ0n) is 12.2. The number of piperazine rings is 1. The van der Waals surface area contributed by atoms with Crippen LogP contribution in [0.3, 0.4) is 0 Å². The van der Waals surface area contributed by atoms with Crippen molar-refractivity contribution in [3.8, 4) is 0 Å². The highest BCUT2D eigenvalue weighted by molar-refractivity contribution is 5.85. The van der Waals surface area contributed by atoms with Gasteiger partial charge in [0.15, 0.2) is 0 Å². The van der Waals surface area contributed by atoms with Crippen LogP contribution in [0.1, 0.15) is 26.7 Å². The van der Waals surface area contributed by atoms with Crippen LogP contribution in [0.4, 0.5) is 4.79 Å². The summed E-state index contributed by atoms with van der Waals surface area (Å²) in [6, 6.07) is 0.0953. The molecule has 2 aliphatic heterocycles. The van der Waals surface area contributed by atoms with Crippen LogP contribution in [0.2, 0.25) is 0 Å². The normalized spacial score (nSPS) is 30.6. The van der Waals surface area contributed by atoms with Gasteiger partial charge < -0.3 is 20.9 Å². The Morgan fingerprint density at radius 2 is 1.95 bits per heavy atom. The van der Waals surface area contributed by atoms with E-state index < -0.39 is 6.03 Å². The van der Waals surface area contributed by atoms with Gasteiger partial charge in [0.2, 0.25) is 5.91 Å². The summed E-state index contributed by atoms with van der Waals surface area (Å²) in [4.78, 5) is 27.4. The van der Waals surface area contributed by atoms with Gasteiger partial charge in [-0.1, -0.05) is 0 Å². The molecule has 2 heterocycles. The van der Waals surface area contributed by atoms with E-state index in [1.165, 1.54) is 0 Å². The first-order valence-corrected chi connectivity index (χ1v) is 7.09. The largest absolute Gasteiger partial charge is 0.351 e. The molecule has 3 atom stereocenters. The molecule has 20 heavy (non-hydrogen) atoms. The number of urea groups is 1. The fourth-order valence-corrected chi connectivity index (χ4v) is 2.98. The lowest BCUT2D eigenvalue weighted by atomic mass is 9.95. The molecular weight excluding hydrogens is 280 g/mol. The van der Waals surface area contributed by atoms with Crippen LogP contribution in [0, 0.1) is 5.92 Å². The molecule has 0 aliphatic carbocycles. The molecule has 2 saturated heterocycles. The maximum Gasteiger partial charge on any atom is 0.314 e. The van der Waals surface area contributed by atoms with E-state index in [9.17, 15) is 9.59 Å². The van der Waals surface area contributed by atoms with Crippen molar-refractivity contribution >= 4 is 24.3 Å². The Morgan fingerprint density at radius 3 is 2.60 bits per heavy atom. The second kappa shape index (κ2) is 7.13. The third-order valence-corrected chi connectivity index (χ3v) is 4.40. The number of carbonyl (C=O) groups is 2. The number of nitrogens with two attached hydrogens (primary N) is 1. The number of primary amides is 1. The van der Waals surface area contributed by atoms with Crippen molar-refractivity contribution in [1.29, 1.82) is 0 Å². The quantitative estimate of drug-likeness (QED) is 0.736. The fourth-order valence-electron chi connectivity index (χ4n) is 2.98. The highest BCUT2D eigenvalue weighted by atomic mass is 35.5. The highest BCUT2D eigenvalue weighted by Crippen LogP contribution is 2.21. The van der Waals surface area contributed by atoms with Crippen molar-refractivity contribution in [2.75, 3.05) is 26.2 Å². The van der Waals surface area contributed by atoms with Gasteiger partial charge in [-0.15, -0.1) is 12.4 Å². The number of likely N-dealkylation sites (tertiary alicyclic amines) is 1. The number of hydrogen-bond acceptors (Lipinski definition) is 3. The number of hydrogen-bond donors (Lipinski definition) is 2. The molecule has 2 rings (SSSR count). The van der Waals surface area contributed by atoms with Gasteiger partial charge in [0.1, 0.15) is 0 Å². The lowest BCUT2D eigenvalue weighted by molar-refractivity contribution is -0.140. The zero-order chi connectivity index (χ0) is 14.0. The number of piperidine rings is 1. The first-order valence-electron chi connectivity index (χ1n) is 7.09. The van der Waals surface area contributed by atoms with Gasteiger partial charge in [-0.2, -0.15) is 0 Å². The number of rotatable bonds is 1. The minimum absolute atomic E-state index is 0. The summed E-state index contributed by atoms with van der Waals surface area (Å²) in [5, 5.41) is 3.37. The lowest BCUT2D eigenvalue weighted by Crippen LogP contribution is -2.59. The fraction of sp³-hybridized carbons (Fsp3) is 0.846. The Labute approximate surface area is 126 Å². The van der Waals surface area contributed by atoms with Crippen LogP contribution < -0.4 is 11.1 Å². The molecule has 0 radical (unpaired) electrons. The Kier molecular flexibility index (Phi) is 6.07. The van der Waals surface area contributed by atoms with E-state index in [0.29, 0.717) is 19.1 Å². The molecule has 6 nitrogen and oxygen atoms in total. The van der Waals surface area contributed by atoms with E-state index in [-0.39, 0.29) is 30.3 Å². The Bertz CT molecular complexity index is 366. The van der Waals surface area contributed by atoms with E-state index in [1.807, 2.05) is 4.90 Å². The molecule has 0 aromatic heterocycles. The molecule has 0 saturated carbocycles. The van der Waals surface area contributed by atoms with E-state index in [4.69, 9.17) is 5.73 Å². The molecule has 3 amide bonds. The highest BCUT2D eigenvalue weighted by Gasteiger charge is 2.35. The standard InChI is InChI=1S/C13H24N4O2.ClH/c1-9-10(2)17(7-5-15-9)12(18)11-4-3-6-16(8-11)13(14)19;/h9-11,15H,3-8H2,1-2H3,(H2,14,19);1H. The summed E-state index contributed by atoms with van der Waals surface area (Å²) >= 11 is 0. The Hall–Kier alpha value is -1.01. The van der Waals surface area contributed by atoms with Gasteiger partial charge in [-0.05, 0) is 26.7 Å². The van der Waals surface area contributed by atoms with Crippen molar-refractivity contribution in [3.63, 3.8) is 0 Å². The third kappa shape index (κ3) is 3.55. The van der Waals surface area contributed by atoms with Crippen LogP contribution in [0.25, 0.3) is 0 Å². The van der Waals surface area contributed by atoms with Crippen molar-refractivity contribution in [2.45, 2.75) is 38.8 Å². The number of carbonyl (C=O) groups excluding carboxylic acids is 2. The molecule has 3 unspecified atom stereocenters. The minimum Gasteiger partial charge on any atom is -0.351 e. The number of nitrogens with one attached hydrogen (secondary N) is 1. The number of halogens is 1. The summed E-state index contributed by atoms with van der Waals surface area (Å²) in [6.07, 6.45) is 1.71. The topological polar surface area (TPSA) is 78.7 Å². The van der Waals surface area contributed by atoms with E-state index >= 15 is 0 Å². The third-order valence-electron chi connectivity index (χ3n) is 4.40. The summed E-state index contributed by atoms with van der Waals surface area (Å²) in [5.41, 5.74) is 5.31. The molecular formula is C13H25ClN4O2. The van der Waals surface area contributed by atoms with E-state index in [2.05, 4.69) is 19.2 Å².